The molecule has 0 fully saturated rings. The Morgan fingerprint density at radius 1 is 1.21 bits per heavy atom. The number of aryl methyl sites for hydroxylation is 1. The summed E-state index contributed by atoms with van der Waals surface area (Å²) in [6.45, 7) is 2.19. The lowest BCUT2D eigenvalue weighted by Gasteiger charge is -2.18. The van der Waals surface area contributed by atoms with E-state index in [1.807, 2.05) is 18.2 Å². The summed E-state index contributed by atoms with van der Waals surface area (Å²) in [5, 5.41) is 7.00. The lowest BCUT2D eigenvalue weighted by atomic mass is 10.0. The first-order chi connectivity index (χ1) is 11.7. The predicted octanol–water partition coefficient (Wildman–Crippen LogP) is 2.08. The number of rotatable bonds is 6. The van der Waals surface area contributed by atoms with Crippen molar-refractivity contribution < 1.29 is 4.79 Å². The van der Waals surface area contributed by atoms with Crippen molar-refractivity contribution in [2.24, 2.45) is 0 Å². The number of carbonyl (C=O) groups is 1. The van der Waals surface area contributed by atoms with Crippen LogP contribution < -0.4 is 5.32 Å². The van der Waals surface area contributed by atoms with Crippen LogP contribution in [0.2, 0.25) is 0 Å². The van der Waals surface area contributed by atoms with Crippen LogP contribution in [0.15, 0.2) is 61.3 Å². The molecule has 3 rings (SSSR count). The van der Waals surface area contributed by atoms with E-state index in [4.69, 9.17) is 0 Å². The normalized spacial score (nSPS) is 11.9. The molecule has 3 aromatic rings. The molecule has 2 heterocycles. The van der Waals surface area contributed by atoms with Crippen molar-refractivity contribution in [3.05, 3.63) is 78.1 Å². The first-order valence-electron chi connectivity index (χ1n) is 7.79. The largest absolute Gasteiger partial charge is 0.346 e. The van der Waals surface area contributed by atoms with Gasteiger partial charge in [0.2, 0.25) is 5.91 Å². The van der Waals surface area contributed by atoms with Crippen LogP contribution in [-0.2, 0) is 17.8 Å². The van der Waals surface area contributed by atoms with Crippen molar-refractivity contribution in [2.75, 3.05) is 0 Å². The van der Waals surface area contributed by atoms with E-state index in [9.17, 15) is 4.79 Å². The van der Waals surface area contributed by atoms with Crippen LogP contribution in [0.4, 0.5) is 0 Å². The molecule has 0 aliphatic heterocycles. The fourth-order valence-corrected chi connectivity index (χ4v) is 2.47. The monoisotopic (exact) mass is 321 g/mol. The molecule has 122 valence electrons. The van der Waals surface area contributed by atoms with Gasteiger partial charge in [-0.2, -0.15) is 5.10 Å². The number of amides is 1. The van der Waals surface area contributed by atoms with Crippen molar-refractivity contribution in [3.8, 4) is 0 Å². The molecule has 1 amide bonds. The molecule has 0 bridgehead atoms. The summed E-state index contributed by atoms with van der Waals surface area (Å²) >= 11 is 0. The van der Waals surface area contributed by atoms with Gasteiger partial charge in [0.15, 0.2) is 0 Å². The molecule has 2 aromatic heterocycles. The highest BCUT2D eigenvalue weighted by Gasteiger charge is 2.17. The van der Waals surface area contributed by atoms with E-state index in [0.717, 1.165) is 11.3 Å². The zero-order chi connectivity index (χ0) is 16.8. The third-order valence-electron chi connectivity index (χ3n) is 3.71. The Hall–Kier alpha value is -3.02. The molecule has 1 atom stereocenters. The number of pyridine rings is 1. The highest BCUT2D eigenvalue weighted by molar-refractivity contribution is 5.76. The summed E-state index contributed by atoms with van der Waals surface area (Å²) in [5.41, 5.74) is 3.20. The van der Waals surface area contributed by atoms with E-state index in [1.165, 1.54) is 22.9 Å². The van der Waals surface area contributed by atoms with E-state index in [-0.39, 0.29) is 18.5 Å². The molecule has 0 unspecified atom stereocenters. The van der Waals surface area contributed by atoms with Crippen LogP contribution in [0.5, 0.6) is 0 Å². The Bertz CT molecular complexity index is 769. The van der Waals surface area contributed by atoms with E-state index in [1.54, 1.807) is 6.20 Å². The quantitative estimate of drug-likeness (QED) is 0.754. The van der Waals surface area contributed by atoms with Gasteiger partial charge in [-0.05, 0) is 31.0 Å². The van der Waals surface area contributed by atoms with Crippen LogP contribution in [0, 0.1) is 6.92 Å². The Labute approximate surface area is 140 Å². The van der Waals surface area contributed by atoms with Crippen molar-refractivity contribution >= 4 is 5.91 Å². The highest BCUT2D eigenvalue weighted by Crippen LogP contribution is 2.17. The topological polar surface area (TPSA) is 72.7 Å². The van der Waals surface area contributed by atoms with Crippen molar-refractivity contribution in [3.63, 3.8) is 0 Å². The van der Waals surface area contributed by atoms with Crippen molar-refractivity contribution in [1.29, 1.82) is 0 Å². The van der Waals surface area contributed by atoms with Gasteiger partial charge in [0, 0.05) is 6.20 Å². The van der Waals surface area contributed by atoms with Crippen LogP contribution in [-0.4, -0.2) is 25.7 Å². The fraction of sp³-hybridized carbons (Fsp3) is 0.222. The fourth-order valence-electron chi connectivity index (χ4n) is 2.47. The lowest BCUT2D eigenvalue weighted by molar-refractivity contribution is -0.122. The number of nitrogens with zero attached hydrogens (tertiary/aromatic N) is 4. The SMILES string of the molecule is Cc1ccc(C[C@H](NC(=O)Cn2cncn2)c2ccccn2)cc1. The maximum atomic E-state index is 12.3. The van der Waals surface area contributed by atoms with Crippen LogP contribution in [0.25, 0.3) is 0 Å². The van der Waals surface area contributed by atoms with Crippen molar-refractivity contribution in [1.82, 2.24) is 25.1 Å². The van der Waals surface area contributed by atoms with E-state index in [0.29, 0.717) is 6.42 Å². The third kappa shape index (κ3) is 4.25. The number of carbonyl (C=O) groups excluding carboxylic acids is 1. The first-order valence-corrected chi connectivity index (χ1v) is 7.79. The van der Waals surface area contributed by atoms with Gasteiger partial charge in [-0.1, -0.05) is 35.9 Å². The van der Waals surface area contributed by atoms with Crippen molar-refractivity contribution in [2.45, 2.75) is 25.9 Å². The molecule has 0 saturated heterocycles. The summed E-state index contributed by atoms with van der Waals surface area (Å²) < 4.78 is 1.50. The second kappa shape index (κ2) is 7.50. The number of nitrogens with one attached hydrogen (secondary N) is 1. The number of hydrogen-bond donors (Lipinski definition) is 1. The van der Waals surface area contributed by atoms with Crippen LogP contribution in [0.1, 0.15) is 22.9 Å². The maximum absolute atomic E-state index is 12.3. The molecule has 0 spiro atoms. The molecule has 0 radical (unpaired) electrons. The summed E-state index contributed by atoms with van der Waals surface area (Å²) in [6.07, 6.45) is 5.35. The molecular formula is C18H19N5O. The summed E-state index contributed by atoms with van der Waals surface area (Å²) in [4.78, 5) is 20.6. The molecule has 1 N–H and O–H groups in total. The van der Waals surface area contributed by atoms with E-state index < -0.39 is 0 Å². The van der Waals surface area contributed by atoms with E-state index in [2.05, 4.69) is 51.6 Å². The minimum absolute atomic E-state index is 0.122. The Kier molecular flexibility index (Phi) is 4.96. The predicted molar refractivity (Wildman–Crippen MR) is 90.0 cm³/mol. The molecular weight excluding hydrogens is 302 g/mol. The average Bonchev–Trinajstić information content (AvgIpc) is 3.10. The molecule has 0 aliphatic rings. The molecule has 24 heavy (non-hydrogen) atoms. The van der Waals surface area contributed by atoms with Gasteiger partial charge in [0.1, 0.15) is 19.2 Å². The smallest absolute Gasteiger partial charge is 0.242 e. The number of benzene rings is 1. The van der Waals surface area contributed by atoms with Gasteiger partial charge in [0.25, 0.3) is 0 Å². The van der Waals surface area contributed by atoms with Gasteiger partial charge in [-0.3, -0.25) is 9.78 Å². The molecule has 6 heteroatoms. The van der Waals surface area contributed by atoms with Gasteiger partial charge >= 0.3 is 0 Å². The second-order valence-electron chi connectivity index (χ2n) is 5.66. The van der Waals surface area contributed by atoms with Gasteiger partial charge in [-0.15, -0.1) is 0 Å². The maximum Gasteiger partial charge on any atom is 0.242 e. The third-order valence-corrected chi connectivity index (χ3v) is 3.71. The molecule has 1 aromatic carbocycles. The minimum atomic E-state index is -0.190. The van der Waals surface area contributed by atoms with Crippen LogP contribution in [0.3, 0.4) is 0 Å². The Morgan fingerprint density at radius 3 is 2.71 bits per heavy atom. The minimum Gasteiger partial charge on any atom is -0.346 e. The summed E-state index contributed by atoms with van der Waals surface area (Å²) in [7, 11) is 0. The Balaban J connectivity index is 1.74. The zero-order valence-electron chi connectivity index (χ0n) is 13.5. The van der Waals surface area contributed by atoms with E-state index >= 15 is 0 Å². The second-order valence-corrected chi connectivity index (χ2v) is 5.66. The summed E-state index contributed by atoms with van der Waals surface area (Å²) in [6, 6.07) is 13.8. The Morgan fingerprint density at radius 2 is 2.04 bits per heavy atom. The van der Waals surface area contributed by atoms with Gasteiger partial charge in [-0.25, -0.2) is 9.67 Å². The van der Waals surface area contributed by atoms with Gasteiger partial charge < -0.3 is 5.32 Å². The highest BCUT2D eigenvalue weighted by atomic mass is 16.2. The lowest BCUT2D eigenvalue weighted by Crippen LogP contribution is -2.33. The number of aromatic nitrogens is 4. The average molecular weight is 321 g/mol. The standard InChI is InChI=1S/C18H19N5O/c1-14-5-7-15(8-6-14)10-17(16-4-2-3-9-20-16)22-18(24)11-23-13-19-12-21-23/h2-9,12-13,17H,10-11H2,1H3,(H,22,24)/t17-/m0/s1. The first kappa shape index (κ1) is 15.9. The molecule has 0 aliphatic carbocycles. The molecule has 0 saturated carbocycles. The van der Waals surface area contributed by atoms with Gasteiger partial charge in [0.05, 0.1) is 11.7 Å². The molecule has 6 nitrogen and oxygen atoms in total. The summed E-state index contributed by atoms with van der Waals surface area (Å²) in [5.74, 6) is -0.122. The number of hydrogen-bond acceptors (Lipinski definition) is 4. The van der Waals surface area contributed by atoms with Crippen LogP contribution >= 0.6 is 0 Å². The zero-order valence-corrected chi connectivity index (χ0v) is 13.5.